The van der Waals surface area contributed by atoms with Gasteiger partial charge in [-0.1, -0.05) is 0 Å². The zero-order chi connectivity index (χ0) is 18.6. The summed E-state index contributed by atoms with van der Waals surface area (Å²) in [6.45, 7) is 0. The molecule has 0 fully saturated rings. The molecule has 0 aliphatic carbocycles. The molecule has 0 N–H and O–H groups in total. The molecule has 128 valence electrons. The second-order valence-corrected chi connectivity index (χ2v) is 36.4. The van der Waals surface area contributed by atoms with Gasteiger partial charge in [-0.15, -0.1) is 0 Å². The Balaban J connectivity index is -0.0000000937. The van der Waals surface area contributed by atoms with Gasteiger partial charge < -0.3 is 0 Å². The van der Waals surface area contributed by atoms with Gasteiger partial charge in [-0.25, -0.2) is 0 Å². The molecule has 0 aromatic carbocycles. The molecule has 0 amide bonds. The summed E-state index contributed by atoms with van der Waals surface area (Å²) >= 11 is -0.778. The second kappa shape index (κ2) is 28.5. The van der Waals surface area contributed by atoms with E-state index in [-0.39, 0.29) is 88.3 Å². The molecular formula is C16H40Ge6. The summed E-state index contributed by atoms with van der Waals surface area (Å²) in [7, 11) is 0. The monoisotopic (exact) mass is 676 g/mol. The minimum absolute atomic E-state index is 0.278. The Morgan fingerprint density at radius 2 is 0.455 bits per heavy atom. The fourth-order valence-corrected chi connectivity index (χ4v) is 5.77. The predicted octanol–water partition coefficient (Wildman–Crippen LogP) is 5.83. The third-order valence-corrected chi connectivity index (χ3v) is 6.50. The van der Waals surface area contributed by atoms with Gasteiger partial charge in [0.05, 0.1) is 0 Å². The minimum atomic E-state index is -0.333. The Kier molecular flexibility index (Phi) is 42.0. The zero-order valence-corrected chi connectivity index (χ0v) is 29.9. The third kappa shape index (κ3) is 141. The summed E-state index contributed by atoms with van der Waals surface area (Å²) in [5.74, 6) is 28.0. The van der Waals surface area contributed by atoms with Crippen molar-refractivity contribution in [3.63, 3.8) is 0 Å². The molecule has 0 atom stereocenters. The maximum absolute atomic E-state index is 2.36. The van der Waals surface area contributed by atoms with Crippen molar-refractivity contribution in [3.05, 3.63) is 19.6 Å². The maximum atomic E-state index is 2.36. The van der Waals surface area contributed by atoms with Crippen LogP contribution in [0.1, 0.15) is 0 Å². The standard InChI is InChI=1S/C4H4Ge2.4C3H9Ge/c1-2-6-4-3-5-1;4*1-4(2)3/h1-4H;4*1-3H3. The van der Waals surface area contributed by atoms with Crippen molar-refractivity contribution in [1.29, 1.82) is 0 Å². The summed E-state index contributed by atoms with van der Waals surface area (Å²) in [4.78, 5) is 9.44. The van der Waals surface area contributed by atoms with E-state index < -0.39 is 0 Å². The van der Waals surface area contributed by atoms with Gasteiger partial charge in [0.1, 0.15) is 0 Å². The van der Waals surface area contributed by atoms with Crippen molar-refractivity contribution in [2.45, 2.75) is 69.1 Å². The number of hydrogen-bond acceptors (Lipinski definition) is 0. The van der Waals surface area contributed by atoms with E-state index in [1.165, 1.54) is 0 Å². The molecule has 0 spiro atoms. The van der Waals surface area contributed by atoms with E-state index in [9.17, 15) is 0 Å². The summed E-state index contributed by atoms with van der Waals surface area (Å²) in [6.07, 6.45) is 0. The van der Waals surface area contributed by atoms with Gasteiger partial charge in [-0.2, -0.15) is 0 Å². The Morgan fingerprint density at radius 1 is 0.364 bits per heavy atom. The van der Waals surface area contributed by atoms with E-state index in [4.69, 9.17) is 0 Å². The van der Waals surface area contributed by atoms with Crippen LogP contribution in [0.15, 0.2) is 19.6 Å². The van der Waals surface area contributed by atoms with Gasteiger partial charge in [-0.3, -0.25) is 0 Å². The van der Waals surface area contributed by atoms with Crippen molar-refractivity contribution in [2.24, 2.45) is 0 Å². The first-order chi connectivity index (χ1) is 9.93. The Morgan fingerprint density at radius 3 is 0.500 bits per heavy atom. The van der Waals surface area contributed by atoms with Crippen LogP contribution in [0.4, 0.5) is 0 Å². The molecule has 0 aromatic heterocycles. The van der Waals surface area contributed by atoms with E-state index in [0.29, 0.717) is 0 Å². The summed E-state index contributed by atoms with van der Waals surface area (Å²) in [6, 6.07) is 0. The quantitative estimate of drug-likeness (QED) is 0.285. The van der Waals surface area contributed by atoms with Crippen LogP contribution >= 0.6 is 0 Å². The molecule has 1 heterocycles. The van der Waals surface area contributed by atoms with E-state index in [1.54, 1.807) is 0 Å². The molecule has 1 aliphatic rings. The van der Waals surface area contributed by atoms with Gasteiger partial charge in [0.25, 0.3) is 0 Å². The normalized spacial score (nSPS) is 11.6. The summed E-state index contributed by atoms with van der Waals surface area (Å²) in [5.41, 5.74) is 0. The summed E-state index contributed by atoms with van der Waals surface area (Å²) < 4.78 is 0. The van der Waals surface area contributed by atoms with Crippen LogP contribution in [0.5, 0.6) is 0 Å². The van der Waals surface area contributed by atoms with Crippen LogP contribution in [0.25, 0.3) is 0 Å². The van der Waals surface area contributed by atoms with Crippen LogP contribution in [0, 0.1) is 0 Å². The molecule has 8 radical (unpaired) electrons. The molecule has 0 aromatic rings. The molecule has 1 rings (SSSR count). The average Bonchev–Trinajstić information content (AvgIpc) is 2.28. The molecule has 0 bridgehead atoms. The first-order valence-corrected chi connectivity index (χ1v) is 37.8. The molecule has 0 saturated heterocycles. The van der Waals surface area contributed by atoms with Crippen LogP contribution in [0.2, 0.25) is 69.1 Å². The van der Waals surface area contributed by atoms with Crippen molar-refractivity contribution in [1.82, 2.24) is 0 Å². The molecule has 0 nitrogen and oxygen atoms in total. The van der Waals surface area contributed by atoms with E-state index in [1.807, 2.05) is 0 Å². The molecule has 1 aliphatic heterocycles. The van der Waals surface area contributed by atoms with Gasteiger partial charge >= 0.3 is 177 Å². The fourth-order valence-electron chi connectivity index (χ4n) is 0.304. The topological polar surface area (TPSA) is 0 Å². The first-order valence-electron chi connectivity index (χ1n) is 7.82. The summed E-state index contributed by atoms with van der Waals surface area (Å²) in [5, 5.41) is 0. The Bertz CT molecular complexity index is 168. The van der Waals surface area contributed by atoms with E-state index >= 15 is 0 Å². The van der Waals surface area contributed by atoms with Gasteiger partial charge in [0.15, 0.2) is 0 Å². The van der Waals surface area contributed by atoms with Crippen LogP contribution < -0.4 is 0 Å². The van der Waals surface area contributed by atoms with Gasteiger partial charge in [0, 0.05) is 0 Å². The van der Waals surface area contributed by atoms with Crippen LogP contribution in [0.3, 0.4) is 0 Å². The van der Waals surface area contributed by atoms with E-state index in [0.717, 1.165) is 0 Å². The SMILES string of the molecule is [CH3][Ge]([CH3])[CH3].[CH3][Ge]([CH3])[CH3].[CH3][Ge]([CH3])[CH3].[CH3][Ge]([CH3])[CH3].[CH]1=[CH][Ge][CH]=[CH][Ge]1. The molecule has 22 heavy (non-hydrogen) atoms. The fraction of sp³-hybridized carbons (Fsp3) is 0.750. The molecule has 0 saturated carbocycles. The van der Waals surface area contributed by atoms with Gasteiger partial charge in [-0.05, 0) is 0 Å². The van der Waals surface area contributed by atoms with Crippen molar-refractivity contribution in [2.75, 3.05) is 0 Å². The van der Waals surface area contributed by atoms with Crippen LogP contribution in [-0.2, 0) is 0 Å². The number of hydrogen-bond donors (Lipinski definition) is 0. The Labute approximate surface area is 174 Å². The van der Waals surface area contributed by atoms with E-state index in [2.05, 4.69) is 88.7 Å². The average molecular weight is 668 g/mol. The van der Waals surface area contributed by atoms with Crippen molar-refractivity contribution < 1.29 is 0 Å². The Hall–Kier alpha value is 2.74. The van der Waals surface area contributed by atoms with Crippen molar-refractivity contribution in [3.8, 4) is 0 Å². The molecule has 6 heteroatoms. The van der Waals surface area contributed by atoms with Crippen LogP contribution in [-0.4, -0.2) is 88.3 Å². The number of rotatable bonds is 0. The first kappa shape index (κ1) is 32.4. The molecular weight excluding hydrogens is 628 g/mol. The zero-order valence-electron chi connectivity index (χ0n) is 17.3. The second-order valence-electron chi connectivity index (χ2n) is 7.00. The third-order valence-electron chi connectivity index (χ3n) is 0.552. The molecule has 0 unspecified atom stereocenters. The van der Waals surface area contributed by atoms with Crippen molar-refractivity contribution >= 4 is 88.3 Å². The van der Waals surface area contributed by atoms with Gasteiger partial charge in [0.2, 0.25) is 0 Å². The predicted molar refractivity (Wildman–Crippen MR) is 123 cm³/mol.